The second-order valence-electron chi connectivity index (χ2n) is 2.70. The molecule has 0 aliphatic carbocycles. The lowest BCUT2D eigenvalue weighted by atomic mass is 10.1. The maximum Gasteiger partial charge on any atom is 0.341 e. The van der Waals surface area contributed by atoms with Crippen molar-refractivity contribution >= 4 is 5.97 Å². The van der Waals surface area contributed by atoms with Gasteiger partial charge in [0.25, 0.3) is 0 Å². The third-order valence-corrected chi connectivity index (χ3v) is 1.76. The zero-order valence-corrected chi connectivity index (χ0v) is 9.96. The number of rotatable bonds is 2. The van der Waals surface area contributed by atoms with Crippen molar-refractivity contribution in [2.75, 3.05) is 14.2 Å². The van der Waals surface area contributed by atoms with Gasteiger partial charge in [-0.15, -0.1) is 0 Å². The van der Waals surface area contributed by atoms with E-state index in [1.54, 1.807) is 12.1 Å². The molecule has 0 aliphatic heterocycles. The topological polar surface area (TPSA) is 35.5 Å². The van der Waals surface area contributed by atoms with Crippen LogP contribution in [0.2, 0.25) is 0 Å². The molecule has 0 saturated carbocycles. The number of hydrogen-bond acceptors (Lipinski definition) is 3. The third-order valence-electron chi connectivity index (χ3n) is 1.76. The van der Waals surface area contributed by atoms with E-state index < -0.39 is 0 Å². The van der Waals surface area contributed by atoms with E-state index in [1.807, 2.05) is 26.8 Å². The van der Waals surface area contributed by atoms with Gasteiger partial charge in [-0.2, -0.15) is 0 Å². The van der Waals surface area contributed by atoms with Gasteiger partial charge in [-0.05, 0) is 19.1 Å². The van der Waals surface area contributed by atoms with Gasteiger partial charge in [0.15, 0.2) is 0 Å². The summed E-state index contributed by atoms with van der Waals surface area (Å²) in [5.41, 5.74) is 1.46. The van der Waals surface area contributed by atoms with E-state index in [9.17, 15) is 4.79 Å². The molecule has 0 bridgehead atoms. The minimum Gasteiger partial charge on any atom is -0.496 e. The maximum atomic E-state index is 11.2. The van der Waals surface area contributed by atoms with Crippen molar-refractivity contribution in [3.63, 3.8) is 0 Å². The molecule has 0 amide bonds. The average molecular weight is 210 g/mol. The normalized spacial score (nSPS) is 8.60. The largest absolute Gasteiger partial charge is 0.496 e. The summed E-state index contributed by atoms with van der Waals surface area (Å²) in [7, 11) is 2.88. The predicted molar refractivity (Wildman–Crippen MR) is 60.4 cm³/mol. The average Bonchev–Trinajstić information content (AvgIpc) is 2.30. The first-order chi connectivity index (χ1) is 7.19. The van der Waals surface area contributed by atoms with Crippen LogP contribution in [-0.2, 0) is 4.74 Å². The number of aryl methyl sites for hydroxylation is 1. The molecule has 0 radical (unpaired) electrons. The van der Waals surface area contributed by atoms with Crippen LogP contribution in [0, 0.1) is 6.92 Å². The van der Waals surface area contributed by atoms with Crippen LogP contribution in [0.25, 0.3) is 0 Å². The maximum absolute atomic E-state index is 11.2. The van der Waals surface area contributed by atoms with E-state index in [-0.39, 0.29) is 5.97 Å². The Labute approximate surface area is 91.0 Å². The van der Waals surface area contributed by atoms with Gasteiger partial charge in [0.1, 0.15) is 11.3 Å². The molecule has 1 aromatic rings. The molecule has 84 valence electrons. The standard InChI is InChI=1S/C10H12O3.C2H6/c1-7-4-5-9(12-2)8(6-7)10(11)13-3;1-2/h4-6H,1-3H3;1-2H3. The van der Waals surface area contributed by atoms with E-state index >= 15 is 0 Å². The number of benzene rings is 1. The van der Waals surface area contributed by atoms with E-state index in [1.165, 1.54) is 14.2 Å². The highest BCUT2D eigenvalue weighted by atomic mass is 16.5. The van der Waals surface area contributed by atoms with Gasteiger partial charge >= 0.3 is 5.97 Å². The highest BCUT2D eigenvalue weighted by Gasteiger charge is 2.11. The van der Waals surface area contributed by atoms with Gasteiger partial charge in [-0.3, -0.25) is 0 Å². The molecule has 3 nitrogen and oxygen atoms in total. The second kappa shape index (κ2) is 6.87. The van der Waals surface area contributed by atoms with E-state index in [0.717, 1.165) is 5.56 Å². The van der Waals surface area contributed by atoms with Gasteiger partial charge in [-0.25, -0.2) is 4.79 Å². The molecule has 0 heterocycles. The summed E-state index contributed by atoms with van der Waals surface area (Å²) in [6.45, 7) is 5.91. The van der Waals surface area contributed by atoms with Crippen molar-refractivity contribution in [2.45, 2.75) is 20.8 Å². The van der Waals surface area contributed by atoms with E-state index in [4.69, 9.17) is 4.74 Å². The molecular weight excluding hydrogens is 192 g/mol. The van der Waals surface area contributed by atoms with Crippen LogP contribution in [0.15, 0.2) is 18.2 Å². The highest BCUT2D eigenvalue weighted by molar-refractivity contribution is 5.92. The molecule has 0 fully saturated rings. The summed E-state index contributed by atoms with van der Waals surface area (Å²) < 4.78 is 9.64. The SMILES string of the molecule is CC.COC(=O)c1cc(C)ccc1OC. The first-order valence-corrected chi connectivity index (χ1v) is 4.92. The summed E-state index contributed by atoms with van der Waals surface area (Å²) >= 11 is 0. The Bertz CT molecular complexity index is 319. The summed E-state index contributed by atoms with van der Waals surface area (Å²) in [5, 5.41) is 0. The second-order valence-corrected chi connectivity index (χ2v) is 2.70. The van der Waals surface area contributed by atoms with E-state index in [2.05, 4.69) is 4.74 Å². The van der Waals surface area contributed by atoms with Gasteiger partial charge in [-0.1, -0.05) is 25.5 Å². The van der Waals surface area contributed by atoms with Crippen molar-refractivity contribution in [1.29, 1.82) is 0 Å². The summed E-state index contributed by atoms with van der Waals surface area (Å²) in [6.07, 6.45) is 0. The quantitative estimate of drug-likeness (QED) is 0.704. The number of hydrogen-bond donors (Lipinski definition) is 0. The van der Waals surface area contributed by atoms with Gasteiger partial charge in [0.05, 0.1) is 14.2 Å². The molecule has 0 saturated heterocycles. The van der Waals surface area contributed by atoms with Crippen molar-refractivity contribution in [2.24, 2.45) is 0 Å². The van der Waals surface area contributed by atoms with Crippen LogP contribution in [0.3, 0.4) is 0 Å². The van der Waals surface area contributed by atoms with Crippen LogP contribution in [0.1, 0.15) is 29.8 Å². The Hall–Kier alpha value is -1.51. The fraction of sp³-hybridized carbons (Fsp3) is 0.417. The molecular formula is C12H18O3. The summed E-state index contributed by atoms with van der Waals surface area (Å²) in [4.78, 5) is 11.2. The Morgan fingerprint density at radius 3 is 2.27 bits per heavy atom. The van der Waals surface area contributed by atoms with Crippen molar-refractivity contribution < 1.29 is 14.3 Å². The van der Waals surface area contributed by atoms with Crippen molar-refractivity contribution in [3.8, 4) is 5.75 Å². The van der Waals surface area contributed by atoms with Crippen LogP contribution in [0.4, 0.5) is 0 Å². The fourth-order valence-corrected chi connectivity index (χ4v) is 1.09. The first kappa shape index (κ1) is 13.5. The molecule has 1 aromatic carbocycles. The Morgan fingerprint density at radius 2 is 1.80 bits per heavy atom. The number of carbonyl (C=O) groups excluding carboxylic acids is 1. The number of methoxy groups -OCH3 is 2. The minimum absolute atomic E-state index is 0.374. The minimum atomic E-state index is -0.374. The molecule has 0 aliphatic rings. The van der Waals surface area contributed by atoms with E-state index in [0.29, 0.717) is 11.3 Å². The molecule has 0 N–H and O–H groups in total. The molecule has 3 heteroatoms. The molecule has 0 unspecified atom stereocenters. The van der Waals surface area contributed by atoms with Crippen molar-refractivity contribution in [3.05, 3.63) is 29.3 Å². The van der Waals surface area contributed by atoms with Gasteiger partial charge in [0, 0.05) is 0 Å². The Balaban J connectivity index is 0.000000921. The van der Waals surface area contributed by atoms with Gasteiger partial charge < -0.3 is 9.47 Å². The van der Waals surface area contributed by atoms with Crippen LogP contribution >= 0.6 is 0 Å². The predicted octanol–water partition coefficient (Wildman–Crippen LogP) is 2.82. The highest BCUT2D eigenvalue weighted by Crippen LogP contribution is 2.19. The van der Waals surface area contributed by atoms with Crippen molar-refractivity contribution in [1.82, 2.24) is 0 Å². The lowest BCUT2D eigenvalue weighted by Crippen LogP contribution is -2.04. The smallest absolute Gasteiger partial charge is 0.341 e. The zero-order valence-electron chi connectivity index (χ0n) is 9.96. The monoisotopic (exact) mass is 210 g/mol. The zero-order chi connectivity index (χ0) is 11.8. The molecule has 0 atom stereocenters. The fourth-order valence-electron chi connectivity index (χ4n) is 1.09. The summed E-state index contributed by atoms with van der Waals surface area (Å²) in [6, 6.07) is 5.37. The molecule has 0 spiro atoms. The molecule has 15 heavy (non-hydrogen) atoms. The lowest BCUT2D eigenvalue weighted by Gasteiger charge is -2.06. The lowest BCUT2D eigenvalue weighted by molar-refractivity contribution is 0.0597. The van der Waals surface area contributed by atoms with Crippen LogP contribution in [-0.4, -0.2) is 20.2 Å². The third kappa shape index (κ3) is 3.62. The number of esters is 1. The Kier molecular flexibility index (Phi) is 6.18. The number of ether oxygens (including phenoxy) is 2. The molecule has 0 aromatic heterocycles. The Morgan fingerprint density at radius 1 is 1.20 bits per heavy atom. The van der Waals surface area contributed by atoms with Crippen LogP contribution in [0.5, 0.6) is 5.75 Å². The number of carbonyl (C=O) groups is 1. The molecule has 1 rings (SSSR count). The summed E-state index contributed by atoms with van der Waals surface area (Å²) in [5.74, 6) is 0.165. The van der Waals surface area contributed by atoms with Gasteiger partial charge in [0.2, 0.25) is 0 Å². The first-order valence-electron chi connectivity index (χ1n) is 4.92. The van der Waals surface area contributed by atoms with Crippen LogP contribution < -0.4 is 4.74 Å².